The maximum atomic E-state index is 6.22. The Bertz CT molecular complexity index is 434. The number of hydrogen-bond donors (Lipinski definition) is 1. The molecule has 0 aliphatic carbocycles. The van der Waals surface area contributed by atoms with E-state index in [-0.39, 0.29) is 6.10 Å². The standard InChI is InChI=1S/C14H19ClN2O/c1-17-8-6-12(10-17)18-14-5-4-11(3-2-7-16)9-13(14)15/h2-5,9,12H,6-8,10,16H2,1H3/b3-2+. The third kappa shape index (κ3) is 3.48. The van der Waals surface area contributed by atoms with Gasteiger partial charge in [-0.05, 0) is 31.2 Å². The first-order valence-corrected chi connectivity index (χ1v) is 6.58. The van der Waals surface area contributed by atoms with E-state index in [1.165, 1.54) is 0 Å². The summed E-state index contributed by atoms with van der Waals surface area (Å²) in [5.74, 6) is 0.766. The van der Waals surface area contributed by atoms with Crippen LogP contribution in [0.1, 0.15) is 12.0 Å². The molecule has 1 heterocycles. The van der Waals surface area contributed by atoms with Crippen molar-refractivity contribution < 1.29 is 4.74 Å². The number of nitrogens with zero attached hydrogens (tertiary/aromatic N) is 1. The SMILES string of the molecule is CN1CCC(Oc2ccc(/C=C/CN)cc2Cl)C1. The molecule has 1 aliphatic heterocycles. The molecule has 0 spiro atoms. The number of nitrogens with two attached hydrogens (primary N) is 1. The molecule has 98 valence electrons. The second-order valence-electron chi connectivity index (χ2n) is 4.62. The minimum atomic E-state index is 0.248. The Morgan fingerprint density at radius 1 is 1.56 bits per heavy atom. The summed E-state index contributed by atoms with van der Waals surface area (Å²) in [5.41, 5.74) is 6.46. The molecule has 1 atom stereocenters. The average molecular weight is 267 g/mol. The number of likely N-dealkylation sites (tertiary alicyclic amines) is 1. The number of rotatable bonds is 4. The zero-order valence-electron chi connectivity index (χ0n) is 10.6. The summed E-state index contributed by atoms with van der Waals surface area (Å²) in [6.07, 6.45) is 5.16. The number of likely N-dealkylation sites (N-methyl/N-ethyl adjacent to an activating group) is 1. The number of ether oxygens (including phenoxy) is 1. The minimum absolute atomic E-state index is 0.248. The van der Waals surface area contributed by atoms with Crippen LogP contribution in [0.15, 0.2) is 24.3 Å². The van der Waals surface area contributed by atoms with Crippen molar-refractivity contribution in [1.29, 1.82) is 0 Å². The fourth-order valence-electron chi connectivity index (χ4n) is 2.09. The molecule has 3 nitrogen and oxygen atoms in total. The molecule has 0 aromatic heterocycles. The molecule has 1 saturated heterocycles. The Hall–Kier alpha value is -1.03. The van der Waals surface area contributed by atoms with E-state index in [1.54, 1.807) is 0 Å². The fraction of sp³-hybridized carbons (Fsp3) is 0.429. The number of benzene rings is 1. The fourth-order valence-corrected chi connectivity index (χ4v) is 2.32. The summed E-state index contributed by atoms with van der Waals surface area (Å²) in [5, 5.41) is 0.656. The van der Waals surface area contributed by atoms with Crippen molar-refractivity contribution in [3.63, 3.8) is 0 Å². The predicted octanol–water partition coefficient (Wildman–Crippen LogP) is 2.39. The number of halogens is 1. The number of hydrogen-bond acceptors (Lipinski definition) is 3. The largest absolute Gasteiger partial charge is 0.487 e. The maximum absolute atomic E-state index is 6.22. The first kappa shape index (κ1) is 13.4. The van der Waals surface area contributed by atoms with Gasteiger partial charge < -0.3 is 15.4 Å². The van der Waals surface area contributed by atoms with Crippen LogP contribution in [0, 0.1) is 0 Å². The molecule has 0 amide bonds. The van der Waals surface area contributed by atoms with Gasteiger partial charge in [0, 0.05) is 19.6 Å². The lowest BCUT2D eigenvalue weighted by molar-refractivity contribution is 0.208. The highest BCUT2D eigenvalue weighted by Crippen LogP contribution is 2.28. The summed E-state index contributed by atoms with van der Waals surface area (Å²) >= 11 is 6.22. The van der Waals surface area contributed by atoms with Crippen LogP contribution < -0.4 is 10.5 Å². The van der Waals surface area contributed by atoms with E-state index in [0.717, 1.165) is 30.8 Å². The van der Waals surface area contributed by atoms with Gasteiger partial charge >= 0.3 is 0 Å². The quantitative estimate of drug-likeness (QED) is 0.910. The van der Waals surface area contributed by atoms with Crippen LogP contribution in [0.2, 0.25) is 5.02 Å². The maximum Gasteiger partial charge on any atom is 0.138 e. The van der Waals surface area contributed by atoms with E-state index in [1.807, 2.05) is 30.4 Å². The molecular formula is C14H19ClN2O. The van der Waals surface area contributed by atoms with Gasteiger partial charge in [-0.25, -0.2) is 0 Å². The molecule has 0 saturated carbocycles. The summed E-state index contributed by atoms with van der Waals surface area (Å²) < 4.78 is 5.91. The van der Waals surface area contributed by atoms with Crippen LogP contribution in [-0.4, -0.2) is 37.7 Å². The molecule has 1 aromatic carbocycles. The van der Waals surface area contributed by atoms with E-state index >= 15 is 0 Å². The average Bonchev–Trinajstić information content (AvgIpc) is 2.75. The summed E-state index contributed by atoms with van der Waals surface area (Å²) in [7, 11) is 2.10. The smallest absolute Gasteiger partial charge is 0.138 e. The highest BCUT2D eigenvalue weighted by Gasteiger charge is 2.21. The van der Waals surface area contributed by atoms with Crippen molar-refractivity contribution in [2.24, 2.45) is 5.73 Å². The Morgan fingerprint density at radius 3 is 3.00 bits per heavy atom. The van der Waals surface area contributed by atoms with Crippen molar-refractivity contribution in [2.75, 3.05) is 26.7 Å². The van der Waals surface area contributed by atoms with Gasteiger partial charge in [-0.3, -0.25) is 0 Å². The van der Waals surface area contributed by atoms with E-state index in [2.05, 4.69) is 11.9 Å². The highest BCUT2D eigenvalue weighted by atomic mass is 35.5. The van der Waals surface area contributed by atoms with Crippen LogP contribution in [0.25, 0.3) is 6.08 Å². The van der Waals surface area contributed by atoms with Gasteiger partial charge in [-0.1, -0.05) is 29.8 Å². The van der Waals surface area contributed by atoms with E-state index < -0.39 is 0 Å². The molecule has 1 unspecified atom stereocenters. The Labute approximate surface area is 113 Å². The van der Waals surface area contributed by atoms with Crippen LogP contribution in [0.3, 0.4) is 0 Å². The van der Waals surface area contributed by atoms with E-state index in [9.17, 15) is 0 Å². The molecule has 2 rings (SSSR count). The van der Waals surface area contributed by atoms with E-state index in [4.69, 9.17) is 22.1 Å². The van der Waals surface area contributed by atoms with Gasteiger partial charge in [0.05, 0.1) is 5.02 Å². The van der Waals surface area contributed by atoms with Crippen LogP contribution in [-0.2, 0) is 0 Å². The molecule has 1 fully saturated rings. The van der Waals surface area contributed by atoms with Crippen LogP contribution in [0.4, 0.5) is 0 Å². The zero-order valence-corrected chi connectivity index (χ0v) is 11.4. The van der Waals surface area contributed by atoms with Crippen LogP contribution in [0.5, 0.6) is 5.75 Å². The lowest BCUT2D eigenvalue weighted by Crippen LogP contribution is -2.21. The van der Waals surface area contributed by atoms with Crippen molar-refractivity contribution >= 4 is 17.7 Å². The lowest BCUT2D eigenvalue weighted by Gasteiger charge is -2.15. The first-order valence-electron chi connectivity index (χ1n) is 6.20. The van der Waals surface area contributed by atoms with E-state index in [0.29, 0.717) is 11.6 Å². The molecular weight excluding hydrogens is 248 g/mol. The zero-order chi connectivity index (χ0) is 13.0. The normalized spacial score (nSPS) is 20.7. The molecule has 4 heteroatoms. The van der Waals surface area contributed by atoms with Crippen molar-refractivity contribution in [1.82, 2.24) is 4.90 Å². The Morgan fingerprint density at radius 2 is 2.39 bits per heavy atom. The van der Waals surface area contributed by atoms with Crippen molar-refractivity contribution in [3.05, 3.63) is 34.9 Å². The summed E-state index contributed by atoms with van der Waals surface area (Å²) in [4.78, 5) is 2.26. The molecule has 0 radical (unpaired) electrons. The summed E-state index contributed by atoms with van der Waals surface area (Å²) in [6, 6.07) is 5.82. The molecule has 18 heavy (non-hydrogen) atoms. The van der Waals surface area contributed by atoms with Gasteiger partial charge in [0.25, 0.3) is 0 Å². The van der Waals surface area contributed by atoms with Gasteiger partial charge in [-0.2, -0.15) is 0 Å². The monoisotopic (exact) mass is 266 g/mol. The third-order valence-corrected chi connectivity index (χ3v) is 3.34. The van der Waals surface area contributed by atoms with Crippen molar-refractivity contribution in [3.8, 4) is 5.75 Å². The second kappa shape index (κ2) is 6.23. The van der Waals surface area contributed by atoms with Gasteiger partial charge in [0.1, 0.15) is 11.9 Å². The first-order chi connectivity index (χ1) is 8.69. The molecule has 1 aromatic rings. The molecule has 1 aliphatic rings. The highest BCUT2D eigenvalue weighted by molar-refractivity contribution is 6.32. The Balaban J connectivity index is 2.03. The van der Waals surface area contributed by atoms with Gasteiger partial charge in [0.15, 0.2) is 0 Å². The Kier molecular flexibility index (Phi) is 4.64. The third-order valence-electron chi connectivity index (χ3n) is 3.04. The molecule has 2 N–H and O–H groups in total. The van der Waals surface area contributed by atoms with Crippen LogP contribution >= 0.6 is 11.6 Å². The topological polar surface area (TPSA) is 38.5 Å². The van der Waals surface area contributed by atoms with Gasteiger partial charge in [0.2, 0.25) is 0 Å². The van der Waals surface area contributed by atoms with Crippen molar-refractivity contribution in [2.45, 2.75) is 12.5 Å². The lowest BCUT2D eigenvalue weighted by atomic mass is 10.2. The minimum Gasteiger partial charge on any atom is -0.487 e. The second-order valence-corrected chi connectivity index (χ2v) is 5.03. The summed E-state index contributed by atoms with van der Waals surface area (Å²) in [6.45, 7) is 2.58. The van der Waals surface area contributed by atoms with Gasteiger partial charge in [-0.15, -0.1) is 0 Å². The molecule has 0 bridgehead atoms. The predicted molar refractivity (Wildman–Crippen MR) is 76.1 cm³/mol.